The molecule has 3 aromatic rings. The number of hydrogen-bond donors (Lipinski definition) is 2. The number of halogens is 1. The third-order valence-corrected chi connectivity index (χ3v) is 4.49. The predicted octanol–water partition coefficient (Wildman–Crippen LogP) is 4.27. The summed E-state index contributed by atoms with van der Waals surface area (Å²) in [6.45, 7) is 3.92. The van der Waals surface area contributed by atoms with Crippen LogP contribution in [0.1, 0.15) is 18.2 Å². The van der Waals surface area contributed by atoms with Crippen LogP contribution in [0.3, 0.4) is 0 Å². The van der Waals surface area contributed by atoms with Gasteiger partial charge in [0.25, 0.3) is 0 Å². The van der Waals surface area contributed by atoms with Crippen molar-refractivity contribution in [1.29, 1.82) is 0 Å². The Morgan fingerprint density at radius 2 is 1.87 bits per heavy atom. The molecule has 0 unspecified atom stereocenters. The van der Waals surface area contributed by atoms with Crippen molar-refractivity contribution in [2.75, 3.05) is 27.3 Å². The first kappa shape index (κ1) is 24.5. The number of aliphatic imine (C=N–C) groups is 1. The van der Waals surface area contributed by atoms with E-state index >= 15 is 0 Å². The third kappa shape index (κ3) is 7.16. The standard InChI is InChI=1S/C23H28N4O3.HI/c1-4-24-23(25-13-12-18-14-20(28-2)10-11-21(18)29-3)26-15-19-16-30-22(27-19)17-8-6-5-7-9-17;/h5-11,14,16H,4,12-13,15H2,1-3H3,(H2,24,25,26);1H. The summed E-state index contributed by atoms with van der Waals surface area (Å²) >= 11 is 0. The number of hydrogen-bond acceptors (Lipinski definition) is 5. The fourth-order valence-electron chi connectivity index (χ4n) is 2.99. The van der Waals surface area contributed by atoms with Crippen LogP contribution in [-0.4, -0.2) is 38.3 Å². The van der Waals surface area contributed by atoms with Crippen LogP contribution in [0.25, 0.3) is 11.5 Å². The Morgan fingerprint density at radius 1 is 1.06 bits per heavy atom. The molecule has 2 aromatic carbocycles. The smallest absolute Gasteiger partial charge is 0.226 e. The van der Waals surface area contributed by atoms with Crippen molar-refractivity contribution in [1.82, 2.24) is 15.6 Å². The van der Waals surface area contributed by atoms with E-state index in [0.717, 1.165) is 47.2 Å². The average Bonchev–Trinajstić information content (AvgIpc) is 3.27. The van der Waals surface area contributed by atoms with Crippen LogP contribution in [0.4, 0.5) is 0 Å². The molecular formula is C23H29IN4O3. The second-order valence-corrected chi connectivity index (χ2v) is 6.56. The Morgan fingerprint density at radius 3 is 2.58 bits per heavy atom. The van der Waals surface area contributed by atoms with Gasteiger partial charge in [-0.3, -0.25) is 0 Å². The molecule has 1 heterocycles. The molecule has 0 radical (unpaired) electrons. The molecule has 0 amide bonds. The quantitative estimate of drug-likeness (QED) is 0.242. The number of guanidine groups is 1. The normalized spacial score (nSPS) is 10.9. The molecule has 0 bridgehead atoms. The molecule has 0 saturated carbocycles. The van der Waals surface area contributed by atoms with Crippen LogP contribution in [0.5, 0.6) is 11.5 Å². The van der Waals surface area contributed by atoms with Gasteiger partial charge in [0.15, 0.2) is 5.96 Å². The second kappa shape index (κ2) is 12.8. The van der Waals surface area contributed by atoms with E-state index in [1.807, 2.05) is 55.5 Å². The first-order chi connectivity index (χ1) is 14.7. The topological polar surface area (TPSA) is 80.9 Å². The van der Waals surface area contributed by atoms with Crippen LogP contribution in [0, 0.1) is 0 Å². The largest absolute Gasteiger partial charge is 0.497 e. The molecule has 1 aromatic heterocycles. The van der Waals surface area contributed by atoms with Gasteiger partial charge in [-0.1, -0.05) is 18.2 Å². The lowest BCUT2D eigenvalue weighted by molar-refractivity contribution is 0.398. The van der Waals surface area contributed by atoms with E-state index < -0.39 is 0 Å². The van der Waals surface area contributed by atoms with Gasteiger partial charge in [0, 0.05) is 18.7 Å². The third-order valence-electron chi connectivity index (χ3n) is 4.49. The van der Waals surface area contributed by atoms with Crippen LogP contribution in [0.2, 0.25) is 0 Å². The molecule has 2 N–H and O–H groups in total. The highest BCUT2D eigenvalue weighted by molar-refractivity contribution is 14.0. The van der Waals surface area contributed by atoms with Crippen molar-refractivity contribution in [3.05, 3.63) is 66.1 Å². The number of nitrogens with one attached hydrogen (secondary N) is 2. The molecule has 0 aliphatic rings. The molecule has 0 saturated heterocycles. The van der Waals surface area contributed by atoms with E-state index in [9.17, 15) is 0 Å². The number of benzene rings is 2. The molecular weight excluding hydrogens is 507 g/mol. The lowest BCUT2D eigenvalue weighted by Gasteiger charge is -2.13. The number of nitrogens with zero attached hydrogens (tertiary/aromatic N) is 2. The van der Waals surface area contributed by atoms with Crippen molar-refractivity contribution < 1.29 is 13.9 Å². The van der Waals surface area contributed by atoms with Gasteiger partial charge in [0.2, 0.25) is 5.89 Å². The maximum Gasteiger partial charge on any atom is 0.226 e. The van der Waals surface area contributed by atoms with Gasteiger partial charge in [-0.2, -0.15) is 0 Å². The fourth-order valence-corrected chi connectivity index (χ4v) is 2.99. The monoisotopic (exact) mass is 536 g/mol. The Bertz CT molecular complexity index is 960. The van der Waals surface area contributed by atoms with E-state index in [1.54, 1.807) is 20.5 Å². The maximum absolute atomic E-state index is 5.58. The lowest BCUT2D eigenvalue weighted by atomic mass is 10.1. The van der Waals surface area contributed by atoms with E-state index in [1.165, 1.54) is 0 Å². The van der Waals surface area contributed by atoms with Gasteiger partial charge in [0.05, 0.1) is 20.8 Å². The number of methoxy groups -OCH3 is 2. The van der Waals surface area contributed by atoms with E-state index in [2.05, 4.69) is 20.6 Å². The second-order valence-electron chi connectivity index (χ2n) is 6.56. The Kier molecular flexibility index (Phi) is 10.2. The van der Waals surface area contributed by atoms with E-state index in [-0.39, 0.29) is 24.0 Å². The predicted molar refractivity (Wildman–Crippen MR) is 133 cm³/mol. The molecule has 3 rings (SSSR count). The number of aromatic nitrogens is 1. The summed E-state index contributed by atoms with van der Waals surface area (Å²) in [7, 11) is 3.33. The van der Waals surface area contributed by atoms with Crippen LogP contribution in [0.15, 0.2) is 64.2 Å². The molecule has 0 aliphatic heterocycles. The van der Waals surface area contributed by atoms with Crippen LogP contribution >= 0.6 is 24.0 Å². The first-order valence-electron chi connectivity index (χ1n) is 9.96. The summed E-state index contributed by atoms with van der Waals surface area (Å²) in [5.41, 5.74) is 2.80. The summed E-state index contributed by atoms with van der Waals surface area (Å²) in [5, 5.41) is 6.60. The minimum Gasteiger partial charge on any atom is -0.497 e. The van der Waals surface area contributed by atoms with Crippen LogP contribution in [-0.2, 0) is 13.0 Å². The van der Waals surface area contributed by atoms with Crippen molar-refractivity contribution in [2.45, 2.75) is 19.9 Å². The summed E-state index contributed by atoms with van der Waals surface area (Å²) < 4.78 is 16.3. The van der Waals surface area contributed by atoms with E-state index in [0.29, 0.717) is 19.0 Å². The van der Waals surface area contributed by atoms with Crippen molar-refractivity contribution >= 4 is 29.9 Å². The number of oxazole rings is 1. The minimum absolute atomic E-state index is 0. The molecule has 0 fully saturated rings. The molecule has 31 heavy (non-hydrogen) atoms. The van der Waals surface area contributed by atoms with Gasteiger partial charge in [-0.05, 0) is 49.2 Å². The zero-order valence-corrected chi connectivity index (χ0v) is 20.4. The van der Waals surface area contributed by atoms with Crippen LogP contribution < -0.4 is 20.1 Å². The first-order valence-corrected chi connectivity index (χ1v) is 9.96. The molecule has 0 atom stereocenters. The summed E-state index contributed by atoms with van der Waals surface area (Å²) in [5.74, 6) is 2.98. The zero-order valence-electron chi connectivity index (χ0n) is 18.1. The van der Waals surface area contributed by atoms with Crippen molar-refractivity contribution in [2.24, 2.45) is 4.99 Å². The Labute approximate surface area is 200 Å². The maximum atomic E-state index is 5.58. The van der Waals surface area contributed by atoms with Gasteiger partial charge >= 0.3 is 0 Å². The highest BCUT2D eigenvalue weighted by atomic mass is 127. The molecule has 0 aliphatic carbocycles. The molecule has 166 valence electrons. The van der Waals surface area contributed by atoms with E-state index in [4.69, 9.17) is 13.9 Å². The number of ether oxygens (including phenoxy) is 2. The summed E-state index contributed by atoms with van der Waals surface area (Å²) in [4.78, 5) is 9.14. The fraction of sp³-hybridized carbons (Fsp3) is 0.304. The summed E-state index contributed by atoms with van der Waals surface area (Å²) in [6.07, 6.45) is 2.42. The highest BCUT2D eigenvalue weighted by Gasteiger charge is 2.08. The average molecular weight is 536 g/mol. The lowest BCUT2D eigenvalue weighted by Crippen LogP contribution is -2.38. The summed E-state index contributed by atoms with van der Waals surface area (Å²) in [6, 6.07) is 15.6. The van der Waals surface area contributed by atoms with Crippen molar-refractivity contribution in [3.8, 4) is 23.0 Å². The minimum atomic E-state index is 0. The highest BCUT2D eigenvalue weighted by Crippen LogP contribution is 2.24. The Balaban J connectivity index is 0.00000341. The van der Waals surface area contributed by atoms with Crippen molar-refractivity contribution in [3.63, 3.8) is 0 Å². The van der Waals surface area contributed by atoms with Gasteiger partial charge < -0.3 is 24.5 Å². The van der Waals surface area contributed by atoms with Gasteiger partial charge in [-0.15, -0.1) is 24.0 Å². The Hall–Kier alpha value is -2.75. The molecule has 8 heteroatoms. The molecule has 7 nitrogen and oxygen atoms in total. The number of rotatable bonds is 9. The zero-order chi connectivity index (χ0) is 21.2. The SMILES string of the molecule is CCNC(=NCc1coc(-c2ccccc2)n1)NCCc1cc(OC)ccc1OC.I. The molecule has 0 spiro atoms. The van der Waals surface area contributed by atoms with Gasteiger partial charge in [-0.25, -0.2) is 9.98 Å². The van der Waals surface area contributed by atoms with Gasteiger partial charge in [0.1, 0.15) is 23.5 Å².